The molecule has 1 aliphatic heterocycles. The van der Waals surface area contributed by atoms with Crippen LogP contribution in [0.15, 0.2) is 33.9 Å². The zero-order chi connectivity index (χ0) is 28.8. The molecule has 9 nitrogen and oxygen atoms in total. The van der Waals surface area contributed by atoms with Gasteiger partial charge in [-0.2, -0.15) is 31.4 Å². The summed E-state index contributed by atoms with van der Waals surface area (Å²) in [6, 6.07) is 4.68. The van der Waals surface area contributed by atoms with Crippen molar-refractivity contribution >= 4 is 29.2 Å². The Bertz CT molecular complexity index is 1320. The molecule has 0 bridgehead atoms. The molecule has 1 aromatic heterocycles. The Balaban J connectivity index is 2.35. The van der Waals surface area contributed by atoms with E-state index in [0.29, 0.717) is 10.1 Å². The van der Waals surface area contributed by atoms with Crippen molar-refractivity contribution in [2.24, 2.45) is 12.8 Å². The summed E-state index contributed by atoms with van der Waals surface area (Å²) in [6.45, 7) is 0.654. The molecule has 210 valence electrons. The van der Waals surface area contributed by atoms with E-state index >= 15 is 0 Å². The van der Waals surface area contributed by atoms with Crippen LogP contribution in [-0.2, 0) is 29.8 Å². The number of thioether (sulfide) groups is 1. The van der Waals surface area contributed by atoms with E-state index in [2.05, 4.69) is 4.84 Å². The molecule has 17 heteroatoms. The fraction of sp³-hybridized carbons (Fsp3) is 0.476. The molecule has 2 N–H and O–H groups in total. The van der Waals surface area contributed by atoms with E-state index in [1.807, 2.05) is 0 Å². The van der Waals surface area contributed by atoms with Gasteiger partial charge in [-0.3, -0.25) is 13.9 Å². The van der Waals surface area contributed by atoms with Crippen molar-refractivity contribution in [3.05, 3.63) is 56.5 Å². The predicted octanol–water partition coefficient (Wildman–Crippen LogP) is 2.85. The quantitative estimate of drug-likeness (QED) is 0.505. The number of hydrogen-bond donors (Lipinski definition) is 1. The molecule has 38 heavy (non-hydrogen) atoms. The molecular weight excluding hydrogens is 551 g/mol. The van der Waals surface area contributed by atoms with E-state index < -0.39 is 63.7 Å². The summed E-state index contributed by atoms with van der Waals surface area (Å²) in [5.74, 6) is -4.42. The van der Waals surface area contributed by atoms with Crippen LogP contribution in [0, 0.1) is 5.82 Å². The second-order valence-electron chi connectivity index (χ2n) is 8.88. The van der Waals surface area contributed by atoms with Gasteiger partial charge in [-0.15, -0.1) is 11.8 Å². The third-order valence-electron chi connectivity index (χ3n) is 5.39. The molecule has 0 spiro atoms. The summed E-state index contributed by atoms with van der Waals surface area (Å²) < 4.78 is 92.9. The van der Waals surface area contributed by atoms with Crippen molar-refractivity contribution in [1.82, 2.24) is 9.13 Å². The van der Waals surface area contributed by atoms with Crippen LogP contribution in [0.1, 0.15) is 19.4 Å². The molecule has 2 aromatic rings. The lowest BCUT2D eigenvalue weighted by Gasteiger charge is -2.35. The van der Waals surface area contributed by atoms with E-state index in [1.165, 1.54) is 12.1 Å². The van der Waals surface area contributed by atoms with Crippen molar-refractivity contribution < 1.29 is 40.4 Å². The van der Waals surface area contributed by atoms with Crippen LogP contribution in [0.4, 0.5) is 42.2 Å². The van der Waals surface area contributed by atoms with E-state index in [4.69, 9.17) is 5.73 Å². The van der Waals surface area contributed by atoms with Crippen LogP contribution < -0.4 is 26.9 Å². The molecule has 1 atom stereocenters. The number of benzene rings is 1. The Labute approximate surface area is 214 Å². The molecule has 0 radical (unpaired) electrons. The highest BCUT2D eigenvalue weighted by atomic mass is 32.2. The third-order valence-corrected chi connectivity index (χ3v) is 6.85. The maximum absolute atomic E-state index is 13.5. The zero-order valence-corrected chi connectivity index (χ0v) is 20.9. The van der Waals surface area contributed by atoms with Crippen LogP contribution in [-0.4, -0.2) is 44.2 Å². The molecule has 2 heterocycles. The summed E-state index contributed by atoms with van der Waals surface area (Å²) in [4.78, 5) is 43.4. The predicted molar refractivity (Wildman–Crippen MR) is 124 cm³/mol. The molecule has 3 rings (SSSR count). The largest absolute Gasteiger partial charge is 0.493 e. The highest BCUT2D eigenvalue weighted by Crippen LogP contribution is 2.46. The minimum atomic E-state index is -5.57. The number of anilines is 2. The Hall–Kier alpha value is -3.21. The summed E-state index contributed by atoms with van der Waals surface area (Å²) in [5, 5.41) is 0.172. The van der Waals surface area contributed by atoms with Crippen LogP contribution in [0.5, 0.6) is 0 Å². The van der Waals surface area contributed by atoms with Gasteiger partial charge in [0.05, 0.1) is 0 Å². The van der Waals surface area contributed by atoms with Gasteiger partial charge in [-0.1, -0.05) is 12.1 Å². The number of hydroxylamine groups is 1. The molecule has 1 aromatic carbocycles. The second-order valence-corrected chi connectivity index (χ2v) is 10.6. The fourth-order valence-electron chi connectivity index (χ4n) is 3.50. The molecule has 0 saturated carbocycles. The van der Waals surface area contributed by atoms with E-state index in [-0.39, 0.29) is 22.7 Å². The lowest BCUT2D eigenvalue weighted by molar-refractivity contribution is -0.201. The van der Waals surface area contributed by atoms with Crippen molar-refractivity contribution in [3.63, 3.8) is 0 Å². The van der Waals surface area contributed by atoms with Gasteiger partial charge in [0.25, 0.3) is 5.56 Å². The molecule has 1 aliphatic rings. The first-order chi connectivity index (χ1) is 17.4. The Morgan fingerprint density at radius 2 is 1.66 bits per heavy atom. The molecule has 1 unspecified atom stereocenters. The standard InChI is InChI=1S/C21H22F7N5O4S/c1-19(2,9-29)38-18-31(8-11-4-6-12(22)7-5-11)13-14(33(18)37-16(35)21(26,27)28)32(10-20(23,24)25)17(36)30(3)15(13)34/h4-7,18H,8-10,29H2,1-3H3. The number of halogens is 7. The Morgan fingerprint density at radius 1 is 1.08 bits per heavy atom. The van der Waals surface area contributed by atoms with Crippen molar-refractivity contribution in [2.45, 2.75) is 49.5 Å². The van der Waals surface area contributed by atoms with Crippen LogP contribution in [0.2, 0.25) is 0 Å². The number of rotatable bonds is 7. The summed E-state index contributed by atoms with van der Waals surface area (Å²) in [7, 11) is 0.893. The number of hydrogen-bond acceptors (Lipinski definition) is 8. The van der Waals surface area contributed by atoms with E-state index in [0.717, 1.165) is 35.8 Å². The van der Waals surface area contributed by atoms with Gasteiger partial charge in [-0.25, -0.2) is 14.0 Å². The number of aromatic nitrogens is 2. The maximum Gasteiger partial charge on any atom is 0.493 e. The van der Waals surface area contributed by atoms with Crippen LogP contribution in [0.3, 0.4) is 0 Å². The van der Waals surface area contributed by atoms with Crippen LogP contribution in [0.25, 0.3) is 0 Å². The zero-order valence-electron chi connectivity index (χ0n) is 20.1. The second kappa shape index (κ2) is 10.2. The first-order valence-corrected chi connectivity index (χ1v) is 11.6. The SMILES string of the molecule is Cn1c(=O)c2c(n(CC(F)(F)F)c1=O)N(OC(=O)C(F)(F)F)C(SC(C)(C)CN)N2Cc1ccc(F)cc1. The molecular formula is C21H22F7N5O4S. The van der Waals surface area contributed by atoms with Gasteiger partial charge in [0.2, 0.25) is 0 Å². The number of nitrogens with two attached hydrogens (primary N) is 1. The normalized spacial score (nSPS) is 16.1. The average Bonchev–Trinajstić information content (AvgIpc) is 3.07. The lowest BCUT2D eigenvalue weighted by atomic mass is 10.2. The summed E-state index contributed by atoms with van der Waals surface area (Å²) in [6.07, 6.45) is -10.6. The van der Waals surface area contributed by atoms with Gasteiger partial charge < -0.3 is 15.5 Å². The van der Waals surface area contributed by atoms with Gasteiger partial charge in [-0.05, 0) is 31.5 Å². The maximum atomic E-state index is 13.5. The van der Waals surface area contributed by atoms with Gasteiger partial charge in [0.15, 0.2) is 17.0 Å². The highest BCUT2D eigenvalue weighted by Gasteiger charge is 2.51. The number of carbonyl (C=O) groups excluding carboxylic acids is 1. The Kier molecular flexibility index (Phi) is 7.85. The Morgan fingerprint density at radius 3 is 2.16 bits per heavy atom. The van der Waals surface area contributed by atoms with E-state index in [1.54, 1.807) is 13.8 Å². The average molecular weight is 573 g/mol. The molecule has 0 aliphatic carbocycles. The van der Waals surface area contributed by atoms with Crippen molar-refractivity contribution in [2.75, 3.05) is 16.5 Å². The monoisotopic (exact) mass is 573 g/mol. The minimum absolute atomic E-state index is 0.00799. The van der Waals surface area contributed by atoms with Crippen molar-refractivity contribution in [3.8, 4) is 0 Å². The summed E-state index contributed by atoms with van der Waals surface area (Å²) >= 11 is 0.768. The lowest BCUT2D eigenvalue weighted by Crippen LogP contribution is -2.48. The van der Waals surface area contributed by atoms with Crippen LogP contribution >= 0.6 is 11.8 Å². The molecule has 0 saturated heterocycles. The first-order valence-electron chi connectivity index (χ1n) is 10.7. The van der Waals surface area contributed by atoms with Gasteiger partial charge in [0.1, 0.15) is 12.4 Å². The molecule has 0 fully saturated rings. The minimum Gasteiger partial charge on any atom is -0.329 e. The molecule has 0 amide bonds. The van der Waals surface area contributed by atoms with E-state index in [9.17, 15) is 45.1 Å². The van der Waals surface area contributed by atoms with Gasteiger partial charge >= 0.3 is 24.0 Å². The first kappa shape index (κ1) is 29.3. The highest BCUT2D eigenvalue weighted by molar-refractivity contribution is 8.01. The van der Waals surface area contributed by atoms with Gasteiger partial charge in [0, 0.05) is 24.9 Å². The topological polar surface area (TPSA) is 103 Å². The number of carbonyl (C=O) groups is 1. The third kappa shape index (κ3) is 6.09. The number of alkyl halides is 6. The fourth-order valence-corrected chi connectivity index (χ4v) is 4.71. The van der Waals surface area contributed by atoms with Crippen molar-refractivity contribution in [1.29, 1.82) is 0 Å². The number of fused-ring (bicyclic) bond motifs is 1. The summed E-state index contributed by atoms with van der Waals surface area (Å²) in [5.41, 5.74) is 1.16. The number of nitrogens with zero attached hydrogens (tertiary/aromatic N) is 4. The smallest absolute Gasteiger partial charge is 0.329 e.